The summed E-state index contributed by atoms with van der Waals surface area (Å²) in [6.07, 6.45) is 0. The molecule has 2 aromatic heterocycles. The van der Waals surface area contributed by atoms with Gasteiger partial charge >= 0.3 is 0 Å². The number of hydrogen-bond acceptors (Lipinski definition) is 2. The third-order valence-electron chi connectivity index (χ3n) is 11.1. The summed E-state index contributed by atoms with van der Waals surface area (Å²) in [5.74, 6) is 1.43. The van der Waals surface area contributed by atoms with Crippen LogP contribution in [0.25, 0.3) is 93.8 Å². The number of nitrogens with zero attached hydrogens (tertiary/aromatic N) is 2. The van der Waals surface area contributed by atoms with Gasteiger partial charge in [-0.2, -0.15) is 0 Å². The van der Waals surface area contributed by atoms with Crippen LogP contribution >= 0.6 is 0 Å². The minimum absolute atomic E-state index is 0.273. The average Bonchev–Trinajstić information content (AvgIpc) is 3.79. The zero-order valence-corrected chi connectivity index (χ0v) is 31.0. The zero-order chi connectivity index (χ0) is 36.5. The van der Waals surface area contributed by atoms with Gasteiger partial charge in [-0.1, -0.05) is 149 Å². The Kier molecular flexibility index (Phi) is 7.52. The van der Waals surface area contributed by atoms with Crippen LogP contribution in [0, 0.1) is 0 Å². The van der Waals surface area contributed by atoms with Gasteiger partial charge in [-0.25, -0.2) is 4.98 Å². The maximum Gasteiger partial charge on any atom is 0.149 e. The third-order valence-corrected chi connectivity index (χ3v) is 11.1. The van der Waals surface area contributed by atoms with E-state index in [4.69, 9.17) is 9.40 Å². The van der Waals surface area contributed by atoms with Crippen LogP contribution in [-0.4, -0.2) is 9.55 Å². The van der Waals surface area contributed by atoms with E-state index in [0.29, 0.717) is 0 Å². The number of fused-ring (bicyclic) bond motifs is 8. The van der Waals surface area contributed by atoms with Gasteiger partial charge < -0.3 is 4.42 Å². The maximum atomic E-state index is 7.09. The van der Waals surface area contributed by atoms with Crippen LogP contribution < -0.4 is 0 Å². The Balaban J connectivity index is 1.30. The Bertz CT molecular complexity index is 3010. The van der Waals surface area contributed by atoms with Crippen molar-refractivity contribution in [3.05, 3.63) is 169 Å². The molecular formula is C51H40N2O. The SMILES string of the molecule is CC(C)c1cc(-c2ccccc2)cc(C(C)C)c1-n1c(-c2cccc3c2oc2cc(-c4ccccc4)c4c5ccccc5ccc4c23)nc2ccccc21. The van der Waals surface area contributed by atoms with Crippen LogP contribution in [-0.2, 0) is 0 Å². The Labute approximate surface area is 315 Å². The summed E-state index contributed by atoms with van der Waals surface area (Å²) in [7, 11) is 0. The molecule has 3 heteroatoms. The molecule has 3 nitrogen and oxygen atoms in total. The molecule has 0 saturated carbocycles. The van der Waals surface area contributed by atoms with E-state index in [-0.39, 0.29) is 11.8 Å². The van der Waals surface area contributed by atoms with Crippen molar-refractivity contribution in [2.24, 2.45) is 0 Å². The third kappa shape index (κ3) is 4.99. The first-order chi connectivity index (χ1) is 26.5. The molecule has 2 heterocycles. The van der Waals surface area contributed by atoms with E-state index in [0.717, 1.165) is 44.4 Å². The van der Waals surface area contributed by atoms with Crippen LogP contribution in [0.1, 0.15) is 50.7 Å². The predicted octanol–water partition coefficient (Wildman–Crippen LogP) is 14.5. The second kappa shape index (κ2) is 12.6. The highest BCUT2D eigenvalue weighted by Gasteiger charge is 2.26. The molecule has 8 aromatic carbocycles. The predicted molar refractivity (Wildman–Crippen MR) is 228 cm³/mol. The molecule has 0 spiro atoms. The van der Waals surface area contributed by atoms with Crippen molar-refractivity contribution in [1.82, 2.24) is 9.55 Å². The molecule has 10 rings (SSSR count). The molecule has 260 valence electrons. The van der Waals surface area contributed by atoms with Crippen LogP contribution in [0.4, 0.5) is 0 Å². The van der Waals surface area contributed by atoms with Crippen molar-refractivity contribution < 1.29 is 4.42 Å². The summed E-state index contributed by atoms with van der Waals surface area (Å²) in [5, 5.41) is 7.12. The van der Waals surface area contributed by atoms with Gasteiger partial charge in [0.25, 0.3) is 0 Å². The highest BCUT2D eigenvalue weighted by atomic mass is 16.3. The number of furan rings is 1. The van der Waals surface area contributed by atoms with Gasteiger partial charge in [0.1, 0.15) is 17.0 Å². The van der Waals surface area contributed by atoms with Gasteiger partial charge in [0.05, 0.1) is 22.3 Å². The molecule has 0 bridgehead atoms. The lowest BCUT2D eigenvalue weighted by Gasteiger charge is -2.24. The van der Waals surface area contributed by atoms with Crippen molar-refractivity contribution in [3.8, 4) is 39.3 Å². The van der Waals surface area contributed by atoms with Gasteiger partial charge in [-0.3, -0.25) is 4.57 Å². The Morgan fingerprint density at radius 2 is 1.15 bits per heavy atom. The van der Waals surface area contributed by atoms with E-state index >= 15 is 0 Å². The van der Waals surface area contributed by atoms with E-state index in [2.05, 4.69) is 190 Å². The van der Waals surface area contributed by atoms with Crippen molar-refractivity contribution in [2.75, 3.05) is 0 Å². The quantitative estimate of drug-likeness (QED) is 0.162. The highest BCUT2D eigenvalue weighted by Crippen LogP contribution is 2.46. The largest absolute Gasteiger partial charge is 0.455 e. The monoisotopic (exact) mass is 696 g/mol. The standard InChI is InChI=1S/C51H40N2O/c1-31(2)41-28-36(33-16-7-5-8-17-33)29-42(32(3)4)49(41)53-45-25-14-13-24-44(45)52-51(53)40-23-15-22-39-48-38-27-26-35-20-11-12-21-37(35)47(38)43(30-46(48)54-50(39)40)34-18-9-6-10-19-34/h5-32H,1-4H3. The lowest BCUT2D eigenvalue weighted by Crippen LogP contribution is -2.09. The van der Waals surface area contributed by atoms with Gasteiger partial charge in [0.15, 0.2) is 0 Å². The molecule has 0 saturated heterocycles. The van der Waals surface area contributed by atoms with Crippen molar-refractivity contribution in [3.63, 3.8) is 0 Å². The van der Waals surface area contributed by atoms with Gasteiger partial charge in [-0.05, 0) is 103 Å². The van der Waals surface area contributed by atoms with E-state index in [1.54, 1.807) is 0 Å². The van der Waals surface area contributed by atoms with Gasteiger partial charge in [0.2, 0.25) is 0 Å². The second-order valence-corrected chi connectivity index (χ2v) is 15.1. The number of benzene rings is 8. The normalized spacial score (nSPS) is 12.0. The van der Waals surface area contributed by atoms with E-state index < -0.39 is 0 Å². The summed E-state index contributed by atoms with van der Waals surface area (Å²) < 4.78 is 9.50. The van der Waals surface area contributed by atoms with E-state index in [1.165, 1.54) is 60.6 Å². The molecule has 0 fully saturated rings. The number of imidazole rings is 1. The number of rotatable bonds is 6. The van der Waals surface area contributed by atoms with E-state index in [1.807, 2.05) is 0 Å². The number of para-hydroxylation sites is 3. The minimum Gasteiger partial charge on any atom is -0.455 e. The molecule has 0 aliphatic heterocycles. The smallest absolute Gasteiger partial charge is 0.149 e. The molecule has 0 radical (unpaired) electrons. The number of aromatic nitrogens is 2. The lowest BCUT2D eigenvalue weighted by molar-refractivity contribution is 0.670. The summed E-state index contributed by atoms with van der Waals surface area (Å²) in [5.41, 5.74) is 13.4. The fourth-order valence-corrected chi connectivity index (χ4v) is 8.56. The molecule has 0 atom stereocenters. The zero-order valence-electron chi connectivity index (χ0n) is 31.0. The Morgan fingerprint density at radius 1 is 0.500 bits per heavy atom. The Morgan fingerprint density at radius 3 is 1.89 bits per heavy atom. The molecule has 54 heavy (non-hydrogen) atoms. The summed E-state index contributed by atoms with van der Waals surface area (Å²) in [6, 6.07) is 56.8. The molecule has 0 N–H and O–H groups in total. The second-order valence-electron chi connectivity index (χ2n) is 15.1. The van der Waals surface area contributed by atoms with Crippen LogP contribution in [0.3, 0.4) is 0 Å². The topological polar surface area (TPSA) is 31.0 Å². The Hall–Kier alpha value is -6.45. The molecule has 0 aliphatic rings. The first-order valence-electron chi connectivity index (χ1n) is 19.0. The first-order valence-corrected chi connectivity index (χ1v) is 19.0. The number of hydrogen-bond donors (Lipinski definition) is 0. The maximum absolute atomic E-state index is 7.09. The fraction of sp³-hybridized carbons (Fsp3) is 0.118. The van der Waals surface area contributed by atoms with Crippen molar-refractivity contribution in [1.29, 1.82) is 0 Å². The molecule has 0 aliphatic carbocycles. The highest BCUT2D eigenvalue weighted by molar-refractivity contribution is 6.28. The average molecular weight is 697 g/mol. The fourth-order valence-electron chi connectivity index (χ4n) is 8.56. The van der Waals surface area contributed by atoms with Crippen LogP contribution in [0.15, 0.2) is 162 Å². The summed E-state index contributed by atoms with van der Waals surface area (Å²) >= 11 is 0. The first kappa shape index (κ1) is 32.2. The molecule has 0 unspecified atom stereocenters. The molecule has 0 amide bonds. The van der Waals surface area contributed by atoms with Crippen LogP contribution in [0.5, 0.6) is 0 Å². The van der Waals surface area contributed by atoms with Gasteiger partial charge in [0, 0.05) is 10.8 Å². The summed E-state index contributed by atoms with van der Waals surface area (Å²) in [6.45, 7) is 9.20. The summed E-state index contributed by atoms with van der Waals surface area (Å²) in [4.78, 5) is 5.43. The molecular weight excluding hydrogens is 657 g/mol. The lowest BCUT2D eigenvalue weighted by atomic mass is 9.88. The van der Waals surface area contributed by atoms with Crippen LogP contribution in [0.2, 0.25) is 0 Å². The van der Waals surface area contributed by atoms with E-state index in [9.17, 15) is 0 Å². The van der Waals surface area contributed by atoms with Gasteiger partial charge in [-0.15, -0.1) is 0 Å². The minimum atomic E-state index is 0.273. The molecule has 10 aromatic rings. The van der Waals surface area contributed by atoms with Crippen molar-refractivity contribution in [2.45, 2.75) is 39.5 Å². The van der Waals surface area contributed by atoms with Crippen molar-refractivity contribution >= 4 is 54.5 Å².